The molecule has 17 heavy (non-hydrogen) atoms. The quantitative estimate of drug-likeness (QED) is 0.799. The summed E-state index contributed by atoms with van der Waals surface area (Å²) in [4.78, 5) is 15.3. The maximum Gasteiger partial charge on any atom is 0.269 e. The first-order valence-electron chi connectivity index (χ1n) is 4.57. The largest absolute Gasteiger partial charge is 0.384 e. The van der Waals surface area contributed by atoms with Gasteiger partial charge in [0.2, 0.25) is 0 Å². The molecule has 0 aliphatic carbocycles. The molecule has 0 saturated heterocycles. The number of amides is 1. The molecule has 0 unspecified atom stereocenters. The van der Waals surface area contributed by atoms with Crippen LogP contribution in [0, 0.1) is 0 Å². The minimum Gasteiger partial charge on any atom is -0.384 e. The molecule has 0 aromatic carbocycles. The van der Waals surface area contributed by atoms with Gasteiger partial charge in [-0.3, -0.25) is 4.79 Å². The second kappa shape index (κ2) is 6.41. The Morgan fingerprint density at radius 2 is 2.12 bits per heavy atom. The zero-order valence-corrected chi connectivity index (χ0v) is 10.8. The van der Waals surface area contributed by atoms with E-state index in [0.29, 0.717) is 0 Å². The van der Waals surface area contributed by atoms with Gasteiger partial charge in [0, 0.05) is 12.8 Å². The normalized spacial score (nSPS) is 10.4. The van der Waals surface area contributed by atoms with E-state index in [1.54, 1.807) is 12.1 Å². The third kappa shape index (κ3) is 6.08. The van der Waals surface area contributed by atoms with Crippen molar-refractivity contribution in [1.82, 2.24) is 10.3 Å². The molecule has 0 aliphatic heterocycles. The number of nitrogens with two attached hydrogens (primary N) is 1. The van der Waals surface area contributed by atoms with Crippen molar-refractivity contribution in [1.29, 1.82) is 0 Å². The molecule has 0 atom stereocenters. The van der Waals surface area contributed by atoms with Crippen LogP contribution in [0.4, 0.5) is 5.82 Å². The van der Waals surface area contributed by atoms with E-state index < -0.39 is 15.7 Å². The number of hydrogen-bond donors (Lipinski definition) is 2. The van der Waals surface area contributed by atoms with Crippen LogP contribution in [-0.4, -0.2) is 37.9 Å². The molecule has 3 N–H and O–H groups in total. The van der Waals surface area contributed by atoms with Crippen molar-refractivity contribution in [3.63, 3.8) is 0 Å². The molecule has 1 rings (SSSR count). The first-order valence-corrected chi connectivity index (χ1v) is 6.63. The summed E-state index contributed by atoms with van der Waals surface area (Å²) in [6.45, 7) is 0.0636. The highest BCUT2D eigenvalue weighted by Crippen LogP contribution is 1.99. The Morgan fingerprint density at radius 3 is 2.65 bits per heavy atom. The number of carbonyl (C=O) groups is 1. The Morgan fingerprint density at radius 1 is 1.47 bits per heavy atom. The predicted octanol–water partition coefficient (Wildman–Crippen LogP) is -0.140. The van der Waals surface area contributed by atoms with E-state index in [0.717, 1.165) is 6.26 Å². The van der Waals surface area contributed by atoms with Gasteiger partial charge < -0.3 is 11.1 Å². The van der Waals surface area contributed by atoms with E-state index in [9.17, 15) is 13.2 Å². The maximum absolute atomic E-state index is 11.5. The van der Waals surface area contributed by atoms with Crippen LogP contribution < -0.4 is 11.1 Å². The number of halogens is 1. The Bertz CT molecular complexity index is 490. The van der Waals surface area contributed by atoms with E-state index in [-0.39, 0.29) is 36.2 Å². The molecule has 0 bridgehead atoms. The first-order chi connectivity index (χ1) is 7.38. The summed E-state index contributed by atoms with van der Waals surface area (Å²) in [6.07, 6.45) is 1.11. The van der Waals surface area contributed by atoms with E-state index in [1.165, 1.54) is 6.07 Å². The summed E-state index contributed by atoms with van der Waals surface area (Å²) >= 11 is 0. The van der Waals surface area contributed by atoms with Crippen LogP contribution in [0.1, 0.15) is 10.5 Å². The van der Waals surface area contributed by atoms with Crippen LogP contribution in [0.15, 0.2) is 18.2 Å². The molecule has 1 aromatic heterocycles. The summed E-state index contributed by atoms with van der Waals surface area (Å²) in [5.74, 6) is -0.284. The zero-order valence-electron chi connectivity index (χ0n) is 9.21. The Kier molecular flexibility index (Phi) is 5.90. The fraction of sp³-hybridized carbons (Fsp3) is 0.333. The molecule has 96 valence electrons. The molecular weight excluding hydrogens is 266 g/mol. The molecule has 0 aliphatic rings. The predicted molar refractivity (Wildman–Crippen MR) is 67.9 cm³/mol. The molecule has 1 aromatic rings. The molecule has 0 fully saturated rings. The fourth-order valence-corrected chi connectivity index (χ4v) is 1.49. The van der Waals surface area contributed by atoms with Crippen molar-refractivity contribution < 1.29 is 13.2 Å². The number of aromatic nitrogens is 1. The standard InChI is InChI=1S/C9H13N3O3S.ClH/c1-16(14,15)6-5-11-9(13)7-3-2-4-8(10)12-7;/h2-4H,5-6H2,1H3,(H2,10,12)(H,11,13);1H. The number of sulfone groups is 1. The average Bonchev–Trinajstić information content (AvgIpc) is 2.15. The summed E-state index contributed by atoms with van der Waals surface area (Å²) in [6, 6.07) is 4.67. The zero-order chi connectivity index (χ0) is 12.2. The van der Waals surface area contributed by atoms with Gasteiger partial charge in [0.15, 0.2) is 0 Å². The van der Waals surface area contributed by atoms with Crippen LogP contribution in [0.5, 0.6) is 0 Å². The van der Waals surface area contributed by atoms with Crippen molar-refractivity contribution in [2.45, 2.75) is 0 Å². The van der Waals surface area contributed by atoms with Gasteiger partial charge in [0.25, 0.3) is 5.91 Å². The number of anilines is 1. The van der Waals surface area contributed by atoms with Crippen LogP contribution in [-0.2, 0) is 9.84 Å². The van der Waals surface area contributed by atoms with E-state index in [1.807, 2.05) is 0 Å². The van der Waals surface area contributed by atoms with Crippen LogP contribution in [0.2, 0.25) is 0 Å². The van der Waals surface area contributed by atoms with Crippen LogP contribution in [0.3, 0.4) is 0 Å². The summed E-state index contributed by atoms with van der Waals surface area (Å²) in [5.41, 5.74) is 5.58. The molecule has 0 spiro atoms. The van der Waals surface area contributed by atoms with Gasteiger partial charge in [-0.25, -0.2) is 13.4 Å². The Balaban J connectivity index is 0.00000256. The maximum atomic E-state index is 11.5. The van der Waals surface area contributed by atoms with E-state index >= 15 is 0 Å². The number of nitrogen functional groups attached to an aromatic ring is 1. The van der Waals surface area contributed by atoms with Gasteiger partial charge in [-0.1, -0.05) is 6.07 Å². The molecule has 1 amide bonds. The van der Waals surface area contributed by atoms with Crippen molar-refractivity contribution in [2.24, 2.45) is 0 Å². The monoisotopic (exact) mass is 279 g/mol. The van der Waals surface area contributed by atoms with Gasteiger partial charge in [-0.15, -0.1) is 12.4 Å². The molecule has 0 radical (unpaired) electrons. The van der Waals surface area contributed by atoms with Crippen LogP contribution >= 0.6 is 12.4 Å². The summed E-state index contributed by atoms with van der Waals surface area (Å²) < 4.78 is 21.6. The third-order valence-corrected chi connectivity index (χ3v) is 2.71. The summed E-state index contributed by atoms with van der Waals surface area (Å²) in [7, 11) is -3.07. The lowest BCUT2D eigenvalue weighted by Crippen LogP contribution is -2.29. The molecule has 0 saturated carbocycles. The number of carbonyl (C=O) groups excluding carboxylic acids is 1. The van der Waals surface area contributed by atoms with Gasteiger partial charge in [0.05, 0.1) is 5.75 Å². The molecule has 1 heterocycles. The highest BCUT2D eigenvalue weighted by Gasteiger charge is 2.08. The minimum atomic E-state index is -3.07. The molecule has 8 heteroatoms. The van der Waals surface area contributed by atoms with Crippen LogP contribution in [0.25, 0.3) is 0 Å². The average molecular weight is 280 g/mol. The van der Waals surface area contributed by atoms with Crippen molar-refractivity contribution in [3.8, 4) is 0 Å². The van der Waals surface area contributed by atoms with Gasteiger partial charge >= 0.3 is 0 Å². The lowest BCUT2D eigenvalue weighted by atomic mass is 10.3. The number of pyridine rings is 1. The SMILES string of the molecule is CS(=O)(=O)CCNC(=O)c1cccc(N)n1.Cl. The van der Waals surface area contributed by atoms with Gasteiger partial charge in [0.1, 0.15) is 21.3 Å². The second-order valence-electron chi connectivity index (χ2n) is 3.33. The summed E-state index contributed by atoms with van der Waals surface area (Å²) in [5, 5.41) is 2.45. The van der Waals surface area contributed by atoms with Gasteiger partial charge in [-0.2, -0.15) is 0 Å². The van der Waals surface area contributed by atoms with E-state index in [4.69, 9.17) is 5.73 Å². The molecule has 6 nitrogen and oxygen atoms in total. The Hall–Kier alpha value is -1.34. The smallest absolute Gasteiger partial charge is 0.269 e. The third-order valence-electron chi connectivity index (χ3n) is 1.76. The van der Waals surface area contributed by atoms with E-state index in [2.05, 4.69) is 10.3 Å². The highest BCUT2D eigenvalue weighted by molar-refractivity contribution is 7.90. The minimum absolute atomic E-state index is 0. The molecular formula is C9H14ClN3O3S. The first kappa shape index (κ1) is 15.7. The number of nitrogens with one attached hydrogen (secondary N) is 1. The lowest BCUT2D eigenvalue weighted by Gasteiger charge is -2.03. The van der Waals surface area contributed by atoms with Crippen molar-refractivity contribution in [3.05, 3.63) is 23.9 Å². The Labute approximate surface area is 106 Å². The van der Waals surface area contributed by atoms with Gasteiger partial charge in [-0.05, 0) is 12.1 Å². The number of nitrogens with zero attached hydrogens (tertiary/aromatic N) is 1. The lowest BCUT2D eigenvalue weighted by molar-refractivity contribution is 0.0951. The van der Waals surface area contributed by atoms with Crippen molar-refractivity contribution in [2.75, 3.05) is 24.3 Å². The topological polar surface area (TPSA) is 102 Å². The number of rotatable bonds is 4. The second-order valence-corrected chi connectivity index (χ2v) is 5.59. The van der Waals surface area contributed by atoms with Crippen molar-refractivity contribution >= 4 is 34.0 Å². The number of hydrogen-bond acceptors (Lipinski definition) is 5. The highest BCUT2D eigenvalue weighted by atomic mass is 35.5. The fourth-order valence-electron chi connectivity index (χ4n) is 1.02.